The quantitative estimate of drug-likeness (QED) is 0.917. The molecule has 0 saturated heterocycles. The molecule has 5 nitrogen and oxygen atoms in total. The van der Waals surface area contributed by atoms with Gasteiger partial charge in [0.05, 0.1) is 25.9 Å². The first-order valence-electron chi connectivity index (χ1n) is 7.21. The molecule has 2 aromatic rings. The number of ether oxygens (including phenoxy) is 2. The van der Waals surface area contributed by atoms with Crippen LogP contribution in [-0.2, 0) is 0 Å². The fourth-order valence-electron chi connectivity index (χ4n) is 2.62. The van der Waals surface area contributed by atoms with E-state index in [2.05, 4.69) is 12.0 Å². The van der Waals surface area contributed by atoms with Gasteiger partial charge in [-0.25, -0.2) is 0 Å². The van der Waals surface area contributed by atoms with Crippen LogP contribution in [0.5, 0.6) is 11.5 Å². The molecule has 1 aliphatic rings. The maximum absolute atomic E-state index is 6.14. The van der Waals surface area contributed by atoms with Gasteiger partial charge in [-0.2, -0.15) is 5.10 Å². The third kappa shape index (κ3) is 2.55. The Kier molecular flexibility index (Phi) is 3.49. The second-order valence-electron chi connectivity index (χ2n) is 5.56. The van der Waals surface area contributed by atoms with Crippen LogP contribution in [0.3, 0.4) is 0 Å². The van der Waals surface area contributed by atoms with Crippen molar-refractivity contribution in [1.82, 2.24) is 9.78 Å². The van der Waals surface area contributed by atoms with Crippen LogP contribution in [0, 0.1) is 5.92 Å². The molecule has 21 heavy (non-hydrogen) atoms. The number of nitrogens with zero attached hydrogens (tertiary/aromatic N) is 2. The Morgan fingerprint density at radius 2 is 1.95 bits per heavy atom. The normalized spacial score (nSPS) is 15.8. The van der Waals surface area contributed by atoms with E-state index < -0.39 is 0 Å². The first-order valence-corrected chi connectivity index (χ1v) is 7.21. The smallest absolute Gasteiger partial charge is 0.161 e. The fourth-order valence-corrected chi connectivity index (χ4v) is 2.62. The number of nitrogens with two attached hydrogens (primary N) is 1. The largest absolute Gasteiger partial charge is 0.493 e. The van der Waals surface area contributed by atoms with E-state index in [9.17, 15) is 0 Å². The summed E-state index contributed by atoms with van der Waals surface area (Å²) in [5, 5.41) is 4.67. The third-order valence-electron chi connectivity index (χ3n) is 4.14. The van der Waals surface area contributed by atoms with Crippen LogP contribution < -0.4 is 15.2 Å². The van der Waals surface area contributed by atoms with Gasteiger partial charge in [-0.05, 0) is 43.9 Å². The van der Waals surface area contributed by atoms with E-state index in [1.165, 1.54) is 12.8 Å². The third-order valence-corrected chi connectivity index (χ3v) is 4.14. The van der Waals surface area contributed by atoms with Crippen molar-refractivity contribution in [2.24, 2.45) is 5.92 Å². The van der Waals surface area contributed by atoms with Gasteiger partial charge in [-0.1, -0.05) is 0 Å². The molecular weight excluding hydrogens is 266 g/mol. The number of anilines is 1. The topological polar surface area (TPSA) is 62.3 Å². The molecule has 1 aromatic heterocycles. The first kappa shape index (κ1) is 13.8. The molecule has 0 radical (unpaired) electrons. The van der Waals surface area contributed by atoms with Gasteiger partial charge in [0, 0.05) is 11.8 Å². The maximum atomic E-state index is 6.14. The van der Waals surface area contributed by atoms with Crippen molar-refractivity contribution in [2.45, 2.75) is 25.8 Å². The van der Waals surface area contributed by atoms with E-state index in [0.717, 1.165) is 17.2 Å². The number of hydrogen-bond donors (Lipinski definition) is 1. The van der Waals surface area contributed by atoms with Crippen molar-refractivity contribution < 1.29 is 9.47 Å². The summed E-state index contributed by atoms with van der Waals surface area (Å²) in [6.07, 6.45) is 4.49. The zero-order chi connectivity index (χ0) is 15.0. The van der Waals surface area contributed by atoms with Crippen LogP contribution in [0.2, 0.25) is 0 Å². The Labute approximate surface area is 124 Å². The van der Waals surface area contributed by atoms with Crippen LogP contribution in [0.1, 0.15) is 25.8 Å². The van der Waals surface area contributed by atoms with Crippen LogP contribution in [0.4, 0.5) is 5.69 Å². The molecule has 5 heteroatoms. The Balaban J connectivity index is 1.96. The Morgan fingerprint density at radius 3 is 2.57 bits per heavy atom. The summed E-state index contributed by atoms with van der Waals surface area (Å²) in [4.78, 5) is 0. The van der Waals surface area contributed by atoms with E-state index in [4.69, 9.17) is 15.2 Å². The second kappa shape index (κ2) is 5.31. The zero-order valence-corrected chi connectivity index (χ0v) is 12.7. The lowest BCUT2D eigenvalue weighted by Gasteiger charge is -2.10. The van der Waals surface area contributed by atoms with Crippen molar-refractivity contribution in [2.75, 3.05) is 20.0 Å². The average molecular weight is 287 g/mol. The number of benzene rings is 1. The maximum Gasteiger partial charge on any atom is 0.161 e. The molecule has 1 heterocycles. The summed E-state index contributed by atoms with van der Waals surface area (Å²) in [6.45, 7) is 2.20. The van der Waals surface area contributed by atoms with E-state index in [0.29, 0.717) is 23.2 Å². The van der Waals surface area contributed by atoms with Gasteiger partial charge in [0.25, 0.3) is 0 Å². The minimum absolute atomic E-state index is 0.404. The van der Waals surface area contributed by atoms with Gasteiger partial charge in [0.2, 0.25) is 0 Å². The summed E-state index contributed by atoms with van der Waals surface area (Å²) < 4.78 is 12.6. The number of rotatable bonds is 5. The van der Waals surface area contributed by atoms with E-state index in [-0.39, 0.29) is 0 Å². The Bertz CT molecular complexity index is 647. The van der Waals surface area contributed by atoms with Gasteiger partial charge in [0.1, 0.15) is 5.69 Å². The standard InChI is InChI=1S/C16H21N3O2/c1-10(11-4-5-11)19-9-13(17)16(18-19)12-6-7-14(20-2)15(8-12)21-3/h6-11H,4-5,17H2,1-3H3. The summed E-state index contributed by atoms with van der Waals surface area (Å²) in [7, 11) is 3.25. The average Bonchev–Trinajstić information content (AvgIpc) is 3.28. The Hall–Kier alpha value is -2.17. The molecule has 0 spiro atoms. The second-order valence-corrected chi connectivity index (χ2v) is 5.56. The molecule has 1 atom stereocenters. The Morgan fingerprint density at radius 1 is 1.24 bits per heavy atom. The lowest BCUT2D eigenvalue weighted by Crippen LogP contribution is -2.07. The zero-order valence-electron chi connectivity index (χ0n) is 12.7. The highest BCUT2D eigenvalue weighted by Crippen LogP contribution is 2.40. The molecule has 0 aliphatic heterocycles. The van der Waals surface area contributed by atoms with E-state index >= 15 is 0 Å². The molecule has 1 fully saturated rings. The highest BCUT2D eigenvalue weighted by atomic mass is 16.5. The first-order chi connectivity index (χ1) is 10.1. The van der Waals surface area contributed by atoms with Crippen molar-refractivity contribution in [1.29, 1.82) is 0 Å². The lowest BCUT2D eigenvalue weighted by atomic mass is 10.1. The van der Waals surface area contributed by atoms with E-state index in [1.807, 2.05) is 29.1 Å². The number of nitrogen functional groups attached to an aromatic ring is 1. The van der Waals surface area contributed by atoms with Crippen molar-refractivity contribution >= 4 is 5.69 Å². The summed E-state index contributed by atoms with van der Waals surface area (Å²) in [5.74, 6) is 2.12. The minimum Gasteiger partial charge on any atom is -0.493 e. The molecule has 3 rings (SSSR count). The summed E-state index contributed by atoms with van der Waals surface area (Å²) in [6, 6.07) is 6.13. The number of aromatic nitrogens is 2. The van der Waals surface area contributed by atoms with Crippen LogP contribution in [0.25, 0.3) is 11.3 Å². The summed E-state index contributed by atoms with van der Waals surface area (Å²) in [5.41, 5.74) is 8.56. The van der Waals surface area contributed by atoms with Gasteiger partial charge < -0.3 is 15.2 Å². The molecule has 1 aliphatic carbocycles. The predicted molar refractivity (Wildman–Crippen MR) is 82.6 cm³/mol. The van der Waals surface area contributed by atoms with Crippen LogP contribution in [-0.4, -0.2) is 24.0 Å². The van der Waals surface area contributed by atoms with E-state index in [1.54, 1.807) is 14.2 Å². The number of hydrogen-bond acceptors (Lipinski definition) is 4. The molecule has 1 saturated carbocycles. The van der Waals surface area contributed by atoms with Gasteiger partial charge in [-0.15, -0.1) is 0 Å². The highest BCUT2D eigenvalue weighted by Gasteiger charge is 2.30. The molecule has 0 bridgehead atoms. The lowest BCUT2D eigenvalue weighted by molar-refractivity contribution is 0.355. The van der Waals surface area contributed by atoms with Crippen molar-refractivity contribution in [3.05, 3.63) is 24.4 Å². The molecule has 2 N–H and O–H groups in total. The molecule has 112 valence electrons. The van der Waals surface area contributed by atoms with Crippen molar-refractivity contribution in [3.63, 3.8) is 0 Å². The molecule has 1 unspecified atom stereocenters. The van der Waals surface area contributed by atoms with Crippen LogP contribution in [0.15, 0.2) is 24.4 Å². The molecule has 0 amide bonds. The summed E-state index contributed by atoms with van der Waals surface area (Å²) >= 11 is 0. The molecular formula is C16H21N3O2. The number of methoxy groups -OCH3 is 2. The monoisotopic (exact) mass is 287 g/mol. The SMILES string of the molecule is COc1ccc(-c2nn(C(C)C3CC3)cc2N)cc1OC. The van der Waals surface area contributed by atoms with Crippen molar-refractivity contribution in [3.8, 4) is 22.8 Å². The van der Waals surface area contributed by atoms with Gasteiger partial charge in [0.15, 0.2) is 11.5 Å². The fraction of sp³-hybridized carbons (Fsp3) is 0.438. The highest BCUT2D eigenvalue weighted by molar-refractivity contribution is 5.74. The van der Waals surface area contributed by atoms with Gasteiger partial charge >= 0.3 is 0 Å². The minimum atomic E-state index is 0.404. The van der Waals surface area contributed by atoms with Crippen LogP contribution >= 0.6 is 0 Å². The van der Waals surface area contributed by atoms with Gasteiger partial charge in [-0.3, -0.25) is 4.68 Å². The predicted octanol–water partition coefficient (Wildman–Crippen LogP) is 3.12. The molecule has 1 aromatic carbocycles.